The molecule has 0 aliphatic heterocycles. The highest BCUT2D eigenvalue weighted by atomic mass is 16.5. The van der Waals surface area contributed by atoms with Gasteiger partial charge in [-0.05, 0) is 53.5 Å². The van der Waals surface area contributed by atoms with Gasteiger partial charge in [0.2, 0.25) is 0 Å². The van der Waals surface area contributed by atoms with Crippen LogP contribution in [0.2, 0.25) is 0 Å². The highest BCUT2D eigenvalue weighted by molar-refractivity contribution is 5.85. The molecule has 0 saturated carbocycles. The summed E-state index contributed by atoms with van der Waals surface area (Å²) in [5.41, 5.74) is 2.98. The minimum absolute atomic E-state index is 0.318. The largest absolute Gasteiger partial charge is 0.489 e. The molecule has 0 spiro atoms. The molecule has 3 aromatic rings. The highest BCUT2D eigenvalue weighted by Gasteiger charge is 2.00. The van der Waals surface area contributed by atoms with Crippen LogP contribution in [-0.4, -0.2) is 23.7 Å². The maximum absolute atomic E-state index is 10.5. The van der Waals surface area contributed by atoms with Gasteiger partial charge in [-0.1, -0.05) is 87.4 Å². The predicted octanol–water partition coefficient (Wildman–Crippen LogP) is 7.24. The maximum Gasteiger partial charge on any atom is 0.330 e. The van der Waals surface area contributed by atoms with Crippen LogP contribution in [-0.2, 0) is 27.5 Å². The number of aliphatic carboxylic acids is 1. The van der Waals surface area contributed by atoms with Gasteiger partial charge in [0.1, 0.15) is 24.7 Å². The molecule has 0 fully saturated rings. The average molecular weight is 517 g/mol. The Labute approximate surface area is 225 Å². The summed E-state index contributed by atoms with van der Waals surface area (Å²) < 4.78 is 16.3. The molecule has 3 rings (SSSR count). The zero-order valence-electron chi connectivity index (χ0n) is 21.9. The molecular formula is C32H36O6. The fourth-order valence-corrected chi connectivity index (χ4v) is 3.19. The van der Waals surface area contributed by atoms with E-state index in [1.54, 1.807) is 6.08 Å². The molecule has 1 N–H and O–H groups in total. The molecule has 38 heavy (non-hydrogen) atoms. The van der Waals surface area contributed by atoms with E-state index in [-0.39, 0.29) is 5.97 Å². The van der Waals surface area contributed by atoms with E-state index in [0.717, 1.165) is 47.1 Å². The Hall–Kier alpha value is -4.32. The number of hydrogen-bond donors (Lipinski definition) is 1. The molecule has 0 aliphatic rings. The Bertz CT molecular complexity index is 1120. The molecule has 3 aromatic carbocycles. The molecule has 0 aliphatic carbocycles. The molecule has 6 nitrogen and oxygen atoms in total. The van der Waals surface area contributed by atoms with Crippen LogP contribution in [0.4, 0.5) is 0 Å². The van der Waals surface area contributed by atoms with Crippen molar-refractivity contribution in [3.63, 3.8) is 0 Å². The van der Waals surface area contributed by atoms with Gasteiger partial charge in [0.25, 0.3) is 0 Å². The highest BCUT2D eigenvalue weighted by Crippen LogP contribution is 2.18. The number of unbranched alkanes of at least 4 members (excludes halogenated alkanes) is 3. The molecule has 0 bridgehead atoms. The fraction of sp³-hybridized carbons (Fsp3) is 0.250. The Balaban J connectivity index is 0.000000391. The number of carboxylic acids is 1. The average Bonchev–Trinajstić information content (AvgIpc) is 2.95. The van der Waals surface area contributed by atoms with Crippen molar-refractivity contribution in [3.05, 3.63) is 114 Å². The van der Waals surface area contributed by atoms with Gasteiger partial charge in [0.05, 0.1) is 6.61 Å². The lowest BCUT2D eigenvalue weighted by atomic mass is 10.2. The topological polar surface area (TPSA) is 82.1 Å². The second-order valence-corrected chi connectivity index (χ2v) is 8.38. The number of rotatable bonds is 14. The molecule has 0 unspecified atom stereocenters. The lowest BCUT2D eigenvalue weighted by Crippen LogP contribution is -2.01. The Morgan fingerprint density at radius 3 is 1.92 bits per heavy atom. The summed E-state index contributed by atoms with van der Waals surface area (Å²) in [5, 5.41) is 8.63. The number of benzene rings is 3. The summed E-state index contributed by atoms with van der Waals surface area (Å²) in [6, 6.07) is 25.1. The fourth-order valence-electron chi connectivity index (χ4n) is 3.19. The number of carboxylic acid groups (broad SMARTS) is 1. The van der Waals surface area contributed by atoms with Gasteiger partial charge in [-0.25, -0.2) is 9.59 Å². The van der Waals surface area contributed by atoms with E-state index in [9.17, 15) is 9.59 Å². The number of esters is 1. The van der Waals surface area contributed by atoms with Gasteiger partial charge in [-0.2, -0.15) is 0 Å². The van der Waals surface area contributed by atoms with Crippen LogP contribution >= 0.6 is 0 Å². The van der Waals surface area contributed by atoms with Crippen LogP contribution in [0, 0.1) is 0 Å². The van der Waals surface area contributed by atoms with E-state index in [0.29, 0.717) is 19.8 Å². The van der Waals surface area contributed by atoms with Crippen LogP contribution < -0.4 is 9.47 Å². The Morgan fingerprint density at radius 2 is 1.37 bits per heavy atom. The van der Waals surface area contributed by atoms with Crippen LogP contribution in [0.15, 0.2) is 97.6 Å². The van der Waals surface area contributed by atoms with E-state index in [1.807, 2.05) is 78.9 Å². The first-order chi connectivity index (χ1) is 18.5. The van der Waals surface area contributed by atoms with Crippen molar-refractivity contribution in [2.45, 2.75) is 45.8 Å². The molecule has 0 atom stereocenters. The minimum Gasteiger partial charge on any atom is -0.489 e. The van der Waals surface area contributed by atoms with Gasteiger partial charge in [0, 0.05) is 12.2 Å². The van der Waals surface area contributed by atoms with Crippen molar-refractivity contribution < 1.29 is 28.9 Å². The lowest BCUT2D eigenvalue weighted by molar-refractivity contribution is -0.138. The smallest absolute Gasteiger partial charge is 0.330 e. The van der Waals surface area contributed by atoms with Gasteiger partial charge < -0.3 is 19.3 Å². The summed E-state index contributed by atoms with van der Waals surface area (Å²) in [4.78, 5) is 21.0. The molecule has 0 saturated heterocycles. The number of carbonyl (C=O) groups is 2. The van der Waals surface area contributed by atoms with E-state index in [1.165, 1.54) is 18.9 Å². The molecule has 0 heterocycles. The molecule has 6 heteroatoms. The first-order valence-electron chi connectivity index (χ1n) is 12.7. The molecule has 0 aromatic heterocycles. The lowest BCUT2D eigenvalue weighted by Gasteiger charge is -2.09. The zero-order chi connectivity index (χ0) is 27.4. The third kappa shape index (κ3) is 13.1. The standard InChI is InChI=1S/C23H20O4.C9H16O2/c24-23(25)15-10-18-6-11-21(12-7-18)27-17-20-8-13-22(14-9-20)26-16-19-4-2-1-3-5-19;1-3-5-6-7-8-11-9(10)4-2/h1-15H,16-17H2,(H,24,25);4H,2-3,5-8H2,1H3. The summed E-state index contributed by atoms with van der Waals surface area (Å²) in [5.74, 6) is 0.261. The second kappa shape index (κ2) is 18.0. The normalized spacial score (nSPS) is 10.2. The minimum atomic E-state index is -0.966. The Morgan fingerprint density at radius 1 is 0.789 bits per heavy atom. The quantitative estimate of drug-likeness (QED) is 0.138. The van der Waals surface area contributed by atoms with E-state index in [4.69, 9.17) is 19.3 Å². The molecule has 0 amide bonds. The number of carbonyl (C=O) groups excluding carboxylic acids is 1. The van der Waals surface area contributed by atoms with Crippen LogP contribution in [0.3, 0.4) is 0 Å². The van der Waals surface area contributed by atoms with Crippen molar-refractivity contribution in [2.24, 2.45) is 0 Å². The van der Waals surface area contributed by atoms with E-state index >= 15 is 0 Å². The van der Waals surface area contributed by atoms with Crippen molar-refractivity contribution in [2.75, 3.05) is 6.61 Å². The van der Waals surface area contributed by atoms with Gasteiger partial charge in [-0.3, -0.25) is 0 Å². The summed E-state index contributed by atoms with van der Waals surface area (Å²) >= 11 is 0. The first-order valence-corrected chi connectivity index (χ1v) is 12.7. The maximum atomic E-state index is 10.5. The van der Waals surface area contributed by atoms with Crippen molar-refractivity contribution in [1.29, 1.82) is 0 Å². The molecule has 0 radical (unpaired) electrons. The van der Waals surface area contributed by atoms with Gasteiger partial charge in [0.15, 0.2) is 0 Å². The third-order valence-electron chi connectivity index (χ3n) is 5.28. The Kier molecular flexibility index (Phi) is 14.2. The van der Waals surface area contributed by atoms with Crippen LogP contribution in [0.25, 0.3) is 6.08 Å². The van der Waals surface area contributed by atoms with Crippen molar-refractivity contribution >= 4 is 18.0 Å². The van der Waals surface area contributed by atoms with E-state index in [2.05, 4.69) is 13.5 Å². The summed E-state index contributed by atoms with van der Waals surface area (Å²) in [7, 11) is 0. The number of ether oxygens (including phenoxy) is 3. The number of hydrogen-bond acceptors (Lipinski definition) is 5. The van der Waals surface area contributed by atoms with Crippen LogP contribution in [0.5, 0.6) is 11.5 Å². The zero-order valence-corrected chi connectivity index (χ0v) is 21.9. The predicted molar refractivity (Wildman–Crippen MR) is 150 cm³/mol. The van der Waals surface area contributed by atoms with Crippen LogP contribution in [0.1, 0.15) is 49.3 Å². The van der Waals surface area contributed by atoms with Gasteiger partial charge in [-0.15, -0.1) is 0 Å². The third-order valence-corrected chi connectivity index (χ3v) is 5.28. The first kappa shape index (κ1) is 29.9. The molecule has 200 valence electrons. The summed E-state index contributed by atoms with van der Waals surface area (Å²) in [6.45, 7) is 6.97. The molecular weight excluding hydrogens is 480 g/mol. The summed E-state index contributed by atoms with van der Waals surface area (Å²) in [6.07, 6.45) is 8.37. The SMILES string of the molecule is C=CC(=O)OCCCCCC.O=C(O)C=Cc1ccc(OCc2ccc(OCc3ccccc3)cc2)cc1. The van der Waals surface area contributed by atoms with E-state index < -0.39 is 5.97 Å². The van der Waals surface area contributed by atoms with Crippen molar-refractivity contribution in [3.8, 4) is 11.5 Å². The van der Waals surface area contributed by atoms with Gasteiger partial charge >= 0.3 is 11.9 Å². The second-order valence-electron chi connectivity index (χ2n) is 8.38. The monoisotopic (exact) mass is 516 g/mol. The van der Waals surface area contributed by atoms with Crippen molar-refractivity contribution in [1.82, 2.24) is 0 Å².